The van der Waals surface area contributed by atoms with Crippen LogP contribution in [0.4, 0.5) is 0 Å². The largest absolute Gasteiger partial charge is 0.368 e. The third-order valence-electron chi connectivity index (χ3n) is 3.99. The summed E-state index contributed by atoms with van der Waals surface area (Å²) in [7, 11) is 0. The Labute approximate surface area is 108 Å². The molecule has 2 N–H and O–H groups in total. The number of ether oxygens (including phenoxy) is 1. The second-order valence-corrected chi connectivity index (χ2v) is 5.78. The molecule has 18 heavy (non-hydrogen) atoms. The Morgan fingerprint density at radius 1 is 1.56 bits per heavy atom. The highest BCUT2D eigenvalue weighted by atomic mass is 16.5. The Balaban J connectivity index is 2.25. The fourth-order valence-electron chi connectivity index (χ4n) is 2.58. The number of hydrogen-bond donors (Lipinski definition) is 1. The first kappa shape index (κ1) is 13.5. The van der Waals surface area contributed by atoms with Crippen LogP contribution in [-0.4, -0.2) is 22.8 Å². The van der Waals surface area contributed by atoms with Crippen molar-refractivity contribution in [1.29, 1.82) is 0 Å². The van der Waals surface area contributed by atoms with Crippen molar-refractivity contribution in [2.75, 3.05) is 6.61 Å². The molecule has 1 aromatic heterocycles. The van der Waals surface area contributed by atoms with Gasteiger partial charge in [0.05, 0.1) is 5.41 Å². The number of rotatable bonds is 4. The van der Waals surface area contributed by atoms with E-state index in [0.29, 0.717) is 18.3 Å². The first-order valence-electron chi connectivity index (χ1n) is 6.64. The molecule has 1 aliphatic carbocycles. The maximum atomic E-state index is 6.16. The molecule has 2 rings (SSSR count). The van der Waals surface area contributed by atoms with Gasteiger partial charge in [-0.25, -0.2) is 0 Å². The Morgan fingerprint density at radius 2 is 2.28 bits per heavy atom. The van der Waals surface area contributed by atoms with Gasteiger partial charge in [0.25, 0.3) is 0 Å². The average molecular weight is 253 g/mol. The highest BCUT2D eigenvalue weighted by Gasteiger charge is 2.43. The predicted octanol–water partition coefficient (Wildman–Crippen LogP) is 2.11. The lowest BCUT2D eigenvalue weighted by molar-refractivity contribution is -0.0221. The maximum absolute atomic E-state index is 6.16. The fourth-order valence-corrected chi connectivity index (χ4v) is 2.58. The first-order valence-corrected chi connectivity index (χ1v) is 6.64. The van der Waals surface area contributed by atoms with Gasteiger partial charge in [-0.2, -0.15) is 4.98 Å². The van der Waals surface area contributed by atoms with Gasteiger partial charge in [0, 0.05) is 12.6 Å². The van der Waals surface area contributed by atoms with Crippen molar-refractivity contribution in [3.8, 4) is 0 Å². The van der Waals surface area contributed by atoms with E-state index in [4.69, 9.17) is 15.0 Å². The second kappa shape index (κ2) is 4.63. The van der Waals surface area contributed by atoms with Crippen LogP contribution in [0.1, 0.15) is 58.7 Å². The number of nitrogens with two attached hydrogens (primary N) is 1. The van der Waals surface area contributed by atoms with Crippen LogP contribution in [-0.2, 0) is 15.8 Å². The SMILES string of the molecule is CCOC(C)(C)c1noc(C2(C)CCCC2N)n1. The first-order chi connectivity index (χ1) is 8.40. The molecule has 1 fully saturated rings. The van der Waals surface area contributed by atoms with Crippen LogP contribution in [0.2, 0.25) is 0 Å². The van der Waals surface area contributed by atoms with E-state index in [1.165, 1.54) is 0 Å². The standard InChI is InChI=1S/C13H23N3O2/c1-5-17-12(2,3)10-15-11(18-16-10)13(4)8-6-7-9(13)14/h9H,5-8,14H2,1-4H3. The molecule has 5 heteroatoms. The predicted molar refractivity (Wildman–Crippen MR) is 68.1 cm³/mol. The van der Waals surface area contributed by atoms with Gasteiger partial charge in [0.2, 0.25) is 11.7 Å². The van der Waals surface area contributed by atoms with Crippen molar-refractivity contribution < 1.29 is 9.26 Å². The lowest BCUT2D eigenvalue weighted by Crippen LogP contribution is -2.38. The van der Waals surface area contributed by atoms with Crippen molar-refractivity contribution in [2.24, 2.45) is 5.73 Å². The minimum atomic E-state index is -0.518. The Hall–Kier alpha value is -0.940. The molecule has 5 nitrogen and oxygen atoms in total. The van der Waals surface area contributed by atoms with Crippen molar-refractivity contribution in [3.63, 3.8) is 0 Å². The molecule has 2 atom stereocenters. The molecule has 1 heterocycles. The van der Waals surface area contributed by atoms with E-state index in [1.807, 2.05) is 20.8 Å². The van der Waals surface area contributed by atoms with Gasteiger partial charge in [-0.1, -0.05) is 11.6 Å². The van der Waals surface area contributed by atoms with Gasteiger partial charge in [-0.3, -0.25) is 0 Å². The molecule has 1 saturated carbocycles. The zero-order valence-corrected chi connectivity index (χ0v) is 11.7. The van der Waals surface area contributed by atoms with Crippen molar-refractivity contribution in [1.82, 2.24) is 10.1 Å². The van der Waals surface area contributed by atoms with Crippen molar-refractivity contribution in [3.05, 3.63) is 11.7 Å². The Morgan fingerprint density at radius 3 is 2.83 bits per heavy atom. The molecule has 0 saturated heterocycles. The van der Waals surface area contributed by atoms with E-state index in [1.54, 1.807) is 0 Å². The fraction of sp³-hybridized carbons (Fsp3) is 0.846. The summed E-state index contributed by atoms with van der Waals surface area (Å²) >= 11 is 0. The van der Waals surface area contributed by atoms with Gasteiger partial charge in [0.15, 0.2) is 0 Å². The molecule has 0 radical (unpaired) electrons. The molecular weight excluding hydrogens is 230 g/mol. The summed E-state index contributed by atoms with van der Waals surface area (Å²) in [5, 5.41) is 4.06. The van der Waals surface area contributed by atoms with E-state index in [0.717, 1.165) is 19.3 Å². The lowest BCUT2D eigenvalue weighted by Gasteiger charge is -2.24. The lowest BCUT2D eigenvalue weighted by atomic mass is 9.85. The van der Waals surface area contributed by atoms with E-state index in [2.05, 4.69) is 17.1 Å². The summed E-state index contributed by atoms with van der Waals surface area (Å²) < 4.78 is 11.1. The molecule has 1 aromatic rings. The number of nitrogens with zero attached hydrogens (tertiary/aromatic N) is 2. The number of aromatic nitrogens is 2. The topological polar surface area (TPSA) is 74.2 Å². The molecule has 0 aliphatic heterocycles. The smallest absolute Gasteiger partial charge is 0.234 e. The molecule has 0 spiro atoms. The highest BCUT2D eigenvalue weighted by Crippen LogP contribution is 2.39. The van der Waals surface area contributed by atoms with Crippen LogP contribution in [0, 0.1) is 0 Å². The zero-order valence-electron chi connectivity index (χ0n) is 11.7. The maximum Gasteiger partial charge on any atom is 0.234 e. The monoisotopic (exact) mass is 253 g/mol. The van der Waals surface area contributed by atoms with Gasteiger partial charge < -0.3 is 15.0 Å². The molecule has 1 aliphatic rings. The normalized spacial score (nSPS) is 28.8. The molecular formula is C13H23N3O2. The van der Waals surface area contributed by atoms with E-state index < -0.39 is 5.60 Å². The van der Waals surface area contributed by atoms with Gasteiger partial charge in [-0.05, 0) is 40.5 Å². The van der Waals surface area contributed by atoms with Gasteiger partial charge >= 0.3 is 0 Å². The Bertz CT molecular complexity index is 416. The van der Waals surface area contributed by atoms with E-state index in [9.17, 15) is 0 Å². The highest BCUT2D eigenvalue weighted by molar-refractivity contribution is 5.13. The third-order valence-corrected chi connectivity index (χ3v) is 3.99. The van der Waals surface area contributed by atoms with Gasteiger partial charge in [-0.15, -0.1) is 0 Å². The molecule has 2 unspecified atom stereocenters. The summed E-state index contributed by atoms with van der Waals surface area (Å²) in [6.07, 6.45) is 3.14. The summed E-state index contributed by atoms with van der Waals surface area (Å²) in [6, 6.07) is 0.0982. The van der Waals surface area contributed by atoms with E-state index >= 15 is 0 Å². The van der Waals surface area contributed by atoms with Crippen LogP contribution < -0.4 is 5.73 Å². The van der Waals surface area contributed by atoms with Crippen molar-refractivity contribution in [2.45, 2.75) is 64.0 Å². The summed E-state index contributed by atoms with van der Waals surface area (Å²) in [4.78, 5) is 4.52. The summed E-state index contributed by atoms with van der Waals surface area (Å²) in [5.41, 5.74) is 5.46. The van der Waals surface area contributed by atoms with Crippen LogP contribution >= 0.6 is 0 Å². The molecule has 102 valence electrons. The molecule has 0 aromatic carbocycles. The van der Waals surface area contributed by atoms with Crippen LogP contribution in [0.3, 0.4) is 0 Å². The average Bonchev–Trinajstić information content (AvgIpc) is 2.88. The van der Waals surface area contributed by atoms with Crippen LogP contribution in [0.25, 0.3) is 0 Å². The molecule has 0 amide bonds. The third kappa shape index (κ3) is 2.17. The second-order valence-electron chi connectivity index (χ2n) is 5.78. The van der Waals surface area contributed by atoms with Crippen LogP contribution in [0.5, 0.6) is 0 Å². The zero-order chi connectivity index (χ0) is 13.4. The van der Waals surface area contributed by atoms with Crippen LogP contribution in [0.15, 0.2) is 4.52 Å². The van der Waals surface area contributed by atoms with Crippen molar-refractivity contribution >= 4 is 0 Å². The van der Waals surface area contributed by atoms with Gasteiger partial charge in [0.1, 0.15) is 5.60 Å². The van der Waals surface area contributed by atoms with E-state index in [-0.39, 0.29) is 11.5 Å². The summed E-state index contributed by atoms with van der Waals surface area (Å²) in [5.74, 6) is 1.25. The molecule has 0 bridgehead atoms. The summed E-state index contributed by atoms with van der Waals surface area (Å²) in [6.45, 7) is 8.57. The Kier molecular flexibility index (Phi) is 3.47. The minimum Gasteiger partial charge on any atom is -0.368 e. The quantitative estimate of drug-likeness (QED) is 0.889. The number of hydrogen-bond acceptors (Lipinski definition) is 5. The minimum absolute atomic E-state index is 0.0982.